The van der Waals surface area contributed by atoms with Gasteiger partial charge in [-0.05, 0) is 49.8 Å². The SMILES string of the molecule is CC(O)CC(C)CNC(=O)NCCCc1ccc(Cl)cc1. The van der Waals surface area contributed by atoms with Crippen molar-refractivity contribution in [3.63, 3.8) is 0 Å². The van der Waals surface area contributed by atoms with Gasteiger partial charge in [0.1, 0.15) is 0 Å². The second-order valence-electron chi connectivity index (χ2n) is 5.56. The van der Waals surface area contributed by atoms with E-state index in [1.165, 1.54) is 5.56 Å². The van der Waals surface area contributed by atoms with Gasteiger partial charge in [0, 0.05) is 18.1 Å². The van der Waals surface area contributed by atoms with Gasteiger partial charge in [0.05, 0.1) is 6.10 Å². The smallest absolute Gasteiger partial charge is 0.314 e. The van der Waals surface area contributed by atoms with Crippen molar-refractivity contribution in [1.29, 1.82) is 0 Å². The fourth-order valence-corrected chi connectivity index (χ4v) is 2.27. The first-order valence-electron chi connectivity index (χ1n) is 7.41. The first-order chi connectivity index (χ1) is 9.97. The van der Waals surface area contributed by atoms with Crippen LogP contribution in [0.5, 0.6) is 0 Å². The molecule has 0 saturated carbocycles. The fourth-order valence-electron chi connectivity index (χ4n) is 2.14. The number of carbonyl (C=O) groups is 1. The molecule has 0 aromatic heterocycles. The molecule has 0 fully saturated rings. The quantitative estimate of drug-likeness (QED) is 0.646. The summed E-state index contributed by atoms with van der Waals surface area (Å²) in [5.41, 5.74) is 1.21. The molecule has 0 bridgehead atoms. The van der Waals surface area contributed by atoms with Crippen LogP contribution in [0.3, 0.4) is 0 Å². The summed E-state index contributed by atoms with van der Waals surface area (Å²) in [6, 6.07) is 7.60. The number of halogens is 1. The highest BCUT2D eigenvalue weighted by Gasteiger charge is 2.07. The number of nitrogens with one attached hydrogen (secondary N) is 2. The van der Waals surface area contributed by atoms with Gasteiger partial charge in [0.15, 0.2) is 0 Å². The zero-order valence-electron chi connectivity index (χ0n) is 12.7. The number of carbonyl (C=O) groups excluding carboxylic acids is 1. The molecule has 3 N–H and O–H groups in total. The van der Waals surface area contributed by atoms with Crippen LogP contribution in [0.2, 0.25) is 5.02 Å². The van der Waals surface area contributed by atoms with E-state index >= 15 is 0 Å². The van der Waals surface area contributed by atoms with Crippen molar-refractivity contribution in [3.8, 4) is 0 Å². The highest BCUT2D eigenvalue weighted by Crippen LogP contribution is 2.10. The molecule has 0 aliphatic heterocycles. The van der Waals surface area contributed by atoms with Crippen molar-refractivity contribution in [2.45, 2.75) is 39.2 Å². The summed E-state index contributed by atoms with van der Waals surface area (Å²) in [4.78, 5) is 11.6. The second-order valence-corrected chi connectivity index (χ2v) is 5.99. The van der Waals surface area contributed by atoms with Crippen molar-refractivity contribution in [2.24, 2.45) is 5.92 Å². The first-order valence-corrected chi connectivity index (χ1v) is 7.79. The van der Waals surface area contributed by atoms with E-state index in [1.807, 2.05) is 31.2 Å². The van der Waals surface area contributed by atoms with Gasteiger partial charge in [-0.15, -0.1) is 0 Å². The van der Waals surface area contributed by atoms with Crippen LogP contribution < -0.4 is 10.6 Å². The Labute approximate surface area is 131 Å². The Kier molecular flexibility index (Phi) is 8.16. The minimum atomic E-state index is -0.329. The van der Waals surface area contributed by atoms with Gasteiger partial charge in [0.25, 0.3) is 0 Å². The Bertz CT molecular complexity index is 421. The van der Waals surface area contributed by atoms with Crippen LogP contribution in [0.1, 0.15) is 32.3 Å². The van der Waals surface area contributed by atoms with E-state index in [-0.39, 0.29) is 18.1 Å². The fraction of sp³-hybridized carbons (Fsp3) is 0.562. The minimum Gasteiger partial charge on any atom is -0.393 e. The summed E-state index contributed by atoms with van der Waals surface area (Å²) in [7, 11) is 0. The van der Waals surface area contributed by atoms with E-state index < -0.39 is 0 Å². The molecule has 0 radical (unpaired) electrons. The number of aliphatic hydroxyl groups is 1. The molecule has 0 saturated heterocycles. The number of aliphatic hydroxyl groups excluding tert-OH is 1. The van der Waals surface area contributed by atoms with Crippen LogP contribution in [-0.2, 0) is 6.42 Å². The van der Waals surface area contributed by atoms with Crippen molar-refractivity contribution < 1.29 is 9.90 Å². The van der Waals surface area contributed by atoms with Crippen molar-refractivity contribution in [1.82, 2.24) is 10.6 Å². The monoisotopic (exact) mass is 312 g/mol. The third-order valence-corrected chi connectivity index (χ3v) is 3.45. The normalized spacial score (nSPS) is 13.5. The number of benzene rings is 1. The molecule has 2 atom stereocenters. The van der Waals surface area contributed by atoms with E-state index in [1.54, 1.807) is 6.92 Å². The van der Waals surface area contributed by atoms with Gasteiger partial charge < -0.3 is 15.7 Å². The van der Waals surface area contributed by atoms with Gasteiger partial charge in [-0.3, -0.25) is 0 Å². The molecule has 1 aromatic rings. The molecule has 0 spiro atoms. The summed E-state index contributed by atoms with van der Waals surface area (Å²) in [5.74, 6) is 0.268. The van der Waals surface area contributed by atoms with Crippen LogP contribution in [0.4, 0.5) is 4.79 Å². The van der Waals surface area contributed by atoms with Crippen molar-refractivity contribution in [3.05, 3.63) is 34.9 Å². The second kappa shape index (κ2) is 9.64. The number of hydrogen-bond donors (Lipinski definition) is 3. The highest BCUT2D eigenvalue weighted by atomic mass is 35.5. The van der Waals surface area contributed by atoms with E-state index in [0.717, 1.165) is 17.9 Å². The molecule has 21 heavy (non-hydrogen) atoms. The van der Waals surface area contributed by atoms with Crippen molar-refractivity contribution >= 4 is 17.6 Å². The summed E-state index contributed by atoms with van der Waals surface area (Å²) in [5, 5.41) is 15.6. The average molecular weight is 313 g/mol. The van der Waals surface area contributed by atoms with Gasteiger partial charge in [-0.25, -0.2) is 4.79 Å². The Morgan fingerprint density at radius 1 is 1.24 bits per heavy atom. The van der Waals surface area contributed by atoms with E-state index in [9.17, 15) is 9.90 Å². The summed E-state index contributed by atoms with van der Waals surface area (Å²) in [6.45, 7) is 4.98. The van der Waals surface area contributed by atoms with Gasteiger partial charge in [0.2, 0.25) is 0 Å². The number of rotatable bonds is 8. The maximum Gasteiger partial charge on any atom is 0.314 e. The summed E-state index contributed by atoms with van der Waals surface area (Å²) in [6.07, 6.45) is 2.16. The maximum absolute atomic E-state index is 11.6. The van der Waals surface area contributed by atoms with Gasteiger partial charge in [-0.1, -0.05) is 30.7 Å². The Hall–Kier alpha value is -1.26. The molecule has 1 rings (SSSR count). The standard InChI is InChI=1S/C16H25ClN2O2/c1-12(10-13(2)20)11-19-16(21)18-9-3-4-14-5-7-15(17)8-6-14/h5-8,12-13,20H,3-4,9-11H2,1-2H3,(H2,18,19,21). The lowest BCUT2D eigenvalue weighted by Crippen LogP contribution is -2.38. The third-order valence-electron chi connectivity index (χ3n) is 3.20. The van der Waals surface area contributed by atoms with E-state index in [4.69, 9.17) is 11.6 Å². The number of aryl methyl sites for hydroxylation is 1. The van der Waals surface area contributed by atoms with Gasteiger partial charge >= 0.3 is 6.03 Å². The molecular formula is C16H25ClN2O2. The number of urea groups is 1. The van der Waals surface area contributed by atoms with Crippen molar-refractivity contribution in [2.75, 3.05) is 13.1 Å². The number of hydrogen-bond acceptors (Lipinski definition) is 2. The topological polar surface area (TPSA) is 61.4 Å². The molecule has 4 nitrogen and oxygen atoms in total. The Morgan fingerprint density at radius 2 is 1.90 bits per heavy atom. The lowest BCUT2D eigenvalue weighted by Gasteiger charge is -2.14. The molecule has 2 amide bonds. The molecule has 5 heteroatoms. The van der Waals surface area contributed by atoms with Crippen LogP contribution in [0, 0.1) is 5.92 Å². The zero-order valence-corrected chi connectivity index (χ0v) is 13.5. The Balaban J connectivity index is 2.09. The van der Waals surface area contributed by atoms with Gasteiger partial charge in [-0.2, -0.15) is 0 Å². The highest BCUT2D eigenvalue weighted by molar-refractivity contribution is 6.30. The van der Waals surface area contributed by atoms with Crippen LogP contribution in [-0.4, -0.2) is 30.3 Å². The predicted molar refractivity (Wildman–Crippen MR) is 86.6 cm³/mol. The lowest BCUT2D eigenvalue weighted by molar-refractivity contribution is 0.163. The predicted octanol–water partition coefficient (Wildman–Crippen LogP) is 2.98. The summed E-state index contributed by atoms with van der Waals surface area (Å²) < 4.78 is 0. The molecule has 0 aliphatic rings. The Morgan fingerprint density at radius 3 is 2.52 bits per heavy atom. The molecule has 2 unspecified atom stereocenters. The summed E-state index contributed by atoms with van der Waals surface area (Å²) >= 11 is 5.83. The average Bonchev–Trinajstić information content (AvgIpc) is 2.42. The van der Waals surface area contributed by atoms with E-state index in [0.29, 0.717) is 19.5 Å². The lowest BCUT2D eigenvalue weighted by atomic mass is 10.1. The molecular weight excluding hydrogens is 288 g/mol. The first kappa shape index (κ1) is 17.8. The number of amides is 2. The zero-order chi connectivity index (χ0) is 15.7. The van der Waals surface area contributed by atoms with E-state index in [2.05, 4.69) is 10.6 Å². The van der Waals surface area contributed by atoms with Crippen LogP contribution in [0.25, 0.3) is 0 Å². The third kappa shape index (κ3) is 8.58. The van der Waals surface area contributed by atoms with Crippen LogP contribution in [0.15, 0.2) is 24.3 Å². The maximum atomic E-state index is 11.6. The molecule has 1 aromatic carbocycles. The van der Waals surface area contributed by atoms with Crippen LogP contribution >= 0.6 is 11.6 Å². The largest absolute Gasteiger partial charge is 0.393 e. The molecule has 0 heterocycles. The molecule has 118 valence electrons. The molecule has 0 aliphatic carbocycles. The minimum absolute atomic E-state index is 0.149.